The Bertz CT molecular complexity index is 286. The molecule has 0 N–H and O–H groups in total. The molecule has 17 heavy (non-hydrogen) atoms. The van der Waals surface area contributed by atoms with E-state index in [0.29, 0.717) is 6.61 Å². The van der Waals surface area contributed by atoms with E-state index < -0.39 is 5.97 Å². The minimum atomic E-state index is -0.565. The second kappa shape index (κ2) is 12.8. The molecule has 98 valence electrons. The van der Waals surface area contributed by atoms with Crippen molar-refractivity contribution in [1.29, 1.82) is 0 Å². The van der Waals surface area contributed by atoms with Crippen molar-refractivity contribution in [3.05, 3.63) is 23.7 Å². The Hall–Kier alpha value is -1.25. The van der Waals surface area contributed by atoms with Gasteiger partial charge in [0.1, 0.15) is 0 Å². The Balaban J connectivity index is -0.000000224. The van der Waals surface area contributed by atoms with Crippen molar-refractivity contribution < 1.29 is 24.5 Å². The van der Waals surface area contributed by atoms with Gasteiger partial charge in [-0.3, -0.25) is 4.79 Å². The van der Waals surface area contributed by atoms with Crippen molar-refractivity contribution >= 4 is 29.1 Å². The van der Waals surface area contributed by atoms with Crippen LogP contribution < -0.4 is 10.2 Å². The lowest BCUT2D eigenvalue weighted by molar-refractivity contribution is -0.302. The average molecular weight is 258 g/mol. The Labute approximate surface area is 112 Å². The van der Waals surface area contributed by atoms with Gasteiger partial charge in [0, 0.05) is 6.08 Å². The molecule has 0 unspecified atom stereocenters. The lowest BCUT2D eigenvalue weighted by atomic mass is 10.4. The van der Waals surface area contributed by atoms with Crippen LogP contribution in [0.4, 0.5) is 0 Å². The summed E-state index contributed by atoms with van der Waals surface area (Å²) >= 11 is 0. The van der Waals surface area contributed by atoms with Gasteiger partial charge in [0.25, 0.3) is 0 Å². The first kappa shape index (κ1) is 21.1. The van der Waals surface area contributed by atoms with E-state index in [1.165, 1.54) is 20.8 Å². The van der Waals surface area contributed by atoms with Gasteiger partial charge in [0.15, 0.2) is 23.1 Å². The van der Waals surface area contributed by atoms with Crippen LogP contribution in [0.15, 0.2) is 23.7 Å². The first-order chi connectivity index (χ1) is 7.29. The predicted molar refractivity (Wildman–Crippen MR) is 64.8 cm³/mol. The Morgan fingerprint density at radius 1 is 1.06 bits per heavy atom. The minimum Gasteiger partial charge on any atom is -0.876 e. The van der Waals surface area contributed by atoms with E-state index in [1.54, 1.807) is 6.92 Å². The Kier molecular flexibility index (Phi) is 15.9. The zero-order valence-corrected chi connectivity index (χ0v) is 9.90. The fourth-order valence-corrected chi connectivity index (χ4v) is 0.636. The van der Waals surface area contributed by atoms with Crippen LogP contribution >= 0.6 is 0 Å². The minimum absolute atomic E-state index is 0. The highest BCUT2D eigenvalue weighted by Gasteiger charge is 1.90. The van der Waals surface area contributed by atoms with Gasteiger partial charge in [-0.05, 0) is 19.9 Å². The van der Waals surface area contributed by atoms with Crippen LogP contribution in [0, 0.1) is 0 Å². The summed E-state index contributed by atoms with van der Waals surface area (Å²) in [5, 5.41) is 20.2. The average Bonchev–Trinajstić information content (AvgIpc) is 2.00. The third-order valence-corrected chi connectivity index (χ3v) is 1.01. The highest BCUT2D eigenvalue weighted by Crippen LogP contribution is 1.83. The maximum absolute atomic E-state index is 10.4. The molecule has 0 heterocycles. The van der Waals surface area contributed by atoms with E-state index in [4.69, 9.17) is 0 Å². The number of hydrogen-bond donors (Lipinski definition) is 0. The van der Waals surface area contributed by atoms with Gasteiger partial charge in [0.2, 0.25) is 0 Å². The summed E-state index contributed by atoms with van der Waals surface area (Å²) in [7, 11) is 0. The van der Waals surface area contributed by atoms with Crippen molar-refractivity contribution in [3.63, 3.8) is 0 Å². The maximum atomic E-state index is 10.4. The highest BCUT2D eigenvalue weighted by molar-refractivity contribution is 5.87. The van der Waals surface area contributed by atoms with Gasteiger partial charge >= 0.3 is 5.97 Å². The smallest absolute Gasteiger partial charge is 0.329 e. The zero-order valence-electron chi connectivity index (χ0n) is 9.90. The summed E-state index contributed by atoms with van der Waals surface area (Å²) in [5.74, 6) is -1.22. The zero-order chi connectivity index (χ0) is 13.1. The monoisotopic (exact) mass is 258 g/mol. The maximum Gasteiger partial charge on any atom is 0.329 e. The van der Waals surface area contributed by atoms with Crippen LogP contribution in [-0.4, -0.2) is 35.7 Å². The summed E-state index contributed by atoms with van der Waals surface area (Å²) in [5.41, 5.74) is 0. The van der Waals surface area contributed by atoms with Crippen molar-refractivity contribution in [2.45, 2.75) is 27.7 Å². The van der Waals surface area contributed by atoms with Crippen LogP contribution in [0.25, 0.3) is 0 Å². The number of ether oxygens (including phenoxy) is 1. The molecule has 0 radical (unpaired) electrons. The summed E-state index contributed by atoms with van der Waals surface area (Å²) in [6, 6.07) is 0. The molecular formula is C11H19AlO5-2. The molecule has 0 bridgehead atoms. The molecule has 5 nitrogen and oxygen atoms in total. The number of carbonyl (C=O) groups is 2. The summed E-state index contributed by atoms with van der Waals surface area (Å²) < 4.78 is 4.44. The molecule has 0 aromatic rings. The van der Waals surface area contributed by atoms with Crippen molar-refractivity contribution in [1.82, 2.24) is 0 Å². The second-order valence-electron chi connectivity index (χ2n) is 2.87. The largest absolute Gasteiger partial charge is 0.876 e. The molecule has 0 saturated heterocycles. The molecular weight excluding hydrogens is 239 g/mol. The molecule has 0 fully saturated rings. The summed E-state index contributed by atoms with van der Waals surface area (Å²) in [6.07, 6.45) is 1.98. The van der Waals surface area contributed by atoms with Gasteiger partial charge in [-0.1, -0.05) is 13.8 Å². The van der Waals surface area contributed by atoms with Crippen LogP contribution in [0.1, 0.15) is 27.7 Å². The molecule has 0 aliphatic carbocycles. The predicted octanol–water partition coefficient (Wildman–Crippen LogP) is -1.53. The van der Waals surface area contributed by atoms with Crippen LogP contribution in [-0.2, 0) is 14.3 Å². The quantitative estimate of drug-likeness (QED) is 0.265. The van der Waals surface area contributed by atoms with Crippen LogP contribution in [0.3, 0.4) is 0 Å². The van der Waals surface area contributed by atoms with Crippen LogP contribution in [0.2, 0.25) is 0 Å². The molecule has 0 atom stereocenters. The van der Waals surface area contributed by atoms with E-state index in [9.17, 15) is 19.8 Å². The molecule has 0 aliphatic heterocycles. The standard InChI is InChI=1S/C6H10O3.C5H8O2.Al.3H/c1-3-9-6(8)4-5(2)7;1-4(6)3-5(2)7;;;;/h4,7H,3H2,1-2H3;3,6H,1-2H3;;;;/p-2/b5-4-;4-3-;;;;. The normalized spacial score (nSPS) is 10.6. The molecule has 0 saturated carbocycles. The first-order valence-corrected chi connectivity index (χ1v) is 4.67. The van der Waals surface area contributed by atoms with E-state index in [1.807, 2.05) is 0 Å². The lowest BCUT2D eigenvalue weighted by Crippen LogP contribution is -2.05. The van der Waals surface area contributed by atoms with Crippen molar-refractivity contribution in [2.24, 2.45) is 0 Å². The number of allylic oxidation sites excluding steroid dienone is 3. The second-order valence-corrected chi connectivity index (χ2v) is 2.87. The first-order valence-electron chi connectivity index (χ1n) is 4.67. The summed E-state index contributed by atoms with van der Waals surface area (Å²) in [6.45, 7) is 5.99. The number of rotatable bonds is 3. The molecule has 0 aromatic heterocycles. The molecule has 0 spiro atoms. The van der Waals surface area contributed by atoms with Gasteiger partial charge in [-0.2, -0.15) is 0 Å². The fourth-order valence-electron chi connectivity index (χ4n) is 0.636. The lowest BCUT2D eigenvalue weighted by Gasteiger charge is -2.01. The fraction of sp³-hybridized carbons (Fsp3) is 0.455. The van der Waals surface area contributed by atoms with Gasteiger partial charge in [-0.15, -0.1) is 11.5 Å². The summed E-state index contributed by atoms with van der Waals surface area (Å²) in [4.78, 5) is 20.3. The SMILES string of the molecule is CC(=O)/C=C(/C)[O-].CCOC(=O)/C=C(/C)[O-].[AlH3]. The van der Waals surface area contributed by atoms with E-state index in [2.05, 4.69) is 4.74 Å². The number of esters is 1. The number of hydrogen-bond acceptors (Lipinski definition) is 5. The molecule has 0 amide bonds. The third-order valence-electron chi connectivity index (χ3n) is 1.01. The molecule has 0 aromatic carbocycles. The Morgan fingerprint density at radius 2 is 1.47 bits per heavy atom. The third kappa shape index (κ3) is 25.2. The number of ketones is 1. The molecule has 0 aliphatic rings. The van der Waals surface area contributed by atoms with Gasteiger partial charge in [-0.25, -0.2) is 4.79 Å². The van der Waals surface area contributed by atoms with Gasteiger partial charge in [0.05, 0.1) is 6.61 Å². The topological polar surface area (TPSA) is 89.5 Å². The van der Waals surface area contributed by atoms with E-state index >= 15 is 0 Å². The van der Waals surface area contributed by atoms with E-state index in [0.717, 1.165) is 12.2 Å². The highest BCUT2D eigenvalue weighted by atomic mass is 27.0. The van der Waals surface area contributed by atoms with Crippen molar-refractivity contribution in [3.8, 4) is 0 Å². The Morgan fingerprint density at radius 3 is 1.65 bits per heavy atom. The van der Waals surface area contributed by atoms with Crippen LogP contribution in [0.5, 0.6) is 0 Å². The van der Waals surface area contributed by atoms with Gasteiger partial charge < -0.3 is 14.9 Å². The van der Waals surface area contributed by atoms with Crippen molar-refractivity contribution in [2.75, 3.05) is 6.61 Å². The van der Waals surface area contributed by atoms with E-state index in [-0.39, 0.29) is 34.7 Å². The molecule has 0 rings (SSSR count). The molecule has 6 heteroatoms. The number of carbonyl (C=O) groups excluding carboxylic acids is 2.